The first-order valence-electron chi connectivity index (χ1n) is 13.3. The predicted molar refractivity (Wildman–Crippen MR) is 159 cm³/mol. The van der Waals surface area contributed by atoms with E-state index in [1.165, 1.54) is 12.0 Å². The van der Waals surface area contributed by atoms with Crippen molar-refractivity contribution in [2.75, 3.05) is 27.7 Å². The molecule has 0 bridgehead atoms. The van der Waals surface area contributed by atoms with Gasteiger partial charge in [0.25, 0.3) is 0 Å². The van der Waals surface area contributed by atoms with Crippen molar-refractivity contribution < 1.29 is 18.8 Å². The summed E-state index contributed by atoms with van der Waals surface area (Å²) in [4.78, 5) is 32.1. The minimum absolute atomic E-state index is 0.166. The number of nitrogens with one attached hydrogen (secondary N) is 2. The molecule has 0 radical (unpaired) electrons. The highest BCUT2D eigenvalue weighted by atomic mass is 32.1. The third-order valence-electron chi connectivity index (χ3n) is 5.34. The van der Waals surface area contributed by atoms with E-state index in [4.69, 9.17) is 5.26 Å². The first-order valence-corrected chi connectivity index (χ1v) is 13.7. The van der Waals surface area contributed by atoms with Crippen LogP contribution in [0, 0.1) is 11.3 Å². The number of nitriles is 1. The molecule has 2 atom stereocenters. The Balaban J connectivity index is -0.000000418. The number of likely N-dealkylation sites (tertiary alicyclic amines) is 1. The second kappa shape index (κ2) is 24.0. The highest BCUT2D eigenvalue weighted by Crippen LogP contribution is 2.36. The van der Waals surface area contributed by atoms with Gasteiger partial charge in [-0.25, -0.2) is 4.39 Å². The van der Waals surface area contributed by atoms with Gasteiger partial charge >= 0.3 is 0 Å². The Morgan fingerprint density at radius 3 is 1.87 bits per heavy atom. The van der Waals surface area contributed by atoms with Crippen LogP contribution in [0.3, 0.4) is 0 Å². The molecule has 7 nitrogen and oxygen atoms in total. The summed E-state index contributed by atoms with van der Waals surface area (Å²) in [6.07, 6.45) is 5.40. The highest BCUT2D eigenvalue weighted by molar-refractivity contribution is 7.81. The second-order valence-corrected chi connectivity index (χ2v) is 10.0. The molecule has 38 heavy (non-hydrogen) atoms. The van der Waals surface area contributed by atoms with Crippen molar-refractivity contribution in [3.05, 3.63) is 35.4 Å². The number of likely N-dealkylation sites (N-methyl/N-ethyl adjacent to an activating group) is 2. The van der Waals surface area contributed by atoms with Crippen molar-refractivity contribution in [3.8, 4) is 6.07 Å². The number of benzene rings is 1. The summed E-state index contributed by atoms with van der Waals surface area (Å²) >= 11 is 4.22. The van der Waals surface area contributed by atoms with E-state index in [9.17, 15) is 18.8 Å². The van der Waals surface area contributed by atoms with Gasteiger partial charge in [0.15, 0.2) is 12.0 Å². The lowest BCUT2D eigenvalue weighted by Gasteiger charge is -2.23. The summed E-state index contributed by atoms with van der Waals surface area (Å²) < 4.78 is 11.6. The molecule has 1 aliphatic carbocycles. The van der Waals surface area contributed by atoms with Gasteiger partial charge in [-0.1, -0.05) is 39.8 Å². The molecule has 0 aromatic heterocycles. The van der Waals surface area contributed by atoms with E-state index in [1.54, 1.807) is 7.05 Å². The molecular formula is C29H51FN4O3S. The summed E-state index contributed by atoms with van der Waals surface area (Å²) in [5, 5.41) is 14.4. The molecule has 1 aromatic rings. The molecule has 1 heterocycles. The zero-order chi connectivity index (χ0) is 30.2. The molecule has 2 aliphatic rings. The lowest BCUT2D eigenvalue weighted by atomic mass is 10.1. The number of hydrogen-bond donors (Lipinski definition) is 3. The van der Waals surface area contributed by atoms with Gasteiger partial charge in [-0.15, -0.1) is 0 Å². The number of nitrogens with zero attached hydrogens (tertiary/aromatic N) is 2. The molecule has 2 N–H and O–H groups in total. The number of carbonyl (C=O) groups is 3. The van der Waals surface area contributed by atoms with Crippen LogP contribution in [0.2, 0.25) is 0 Å². The Bertz CT molecular complexity index is 776. The first-order chi connectivity index (χ1) is 18.0. The fraction of sp³-hybridized carbons (Fsp3) is 0.655. The maximum absolute atomic E-state index is 11.9. The van der Waals surface area contributed by atoms with Crippen LogP contribution >= 0.6 is 12.6 Å². The van der Waals surface area contributed by atoms with E-state index in [2.05, 4.69) is 34.2 Å². The summed E-state index contributed by atoms with van der Waals surface area (Å²) in [5.74, 6) is 0. The average molecular weight is 555 g/mol. The Labute approximate surface area is 236 Å². The van der Waals surface area contributed by atoms with Crippen molar-refractivity contribution in [1.82, 2.24) is 15.5 Å². The Hall–Kier alpha value is -2.12. The van der Waals surface area contributed by atoms with Crippen LogP contribution in [0.1, 0.15) is 78.4 Å². The largest absolute Gasteiger partial charge is 0.316 e. The molecule has 0 amide bonds. The minimum atomic E-state index is -1.39. The molecule has 1 aliphatic heterocycles. The van der Waals surface area contributed by atoms with Crippen molar-refractivity contribution in [2.45, 2.75) is 96.3 Å². The monoisotopic (exact) mass is 554 g/mol. The van der Waals surface area contributed by atoms with E-state index < -0.39 is 5.67 Å². The summed E-state index contributed by atoms with van der Waals surface area (Å²) in [6.45, 7) is 13.7. The van der Waals surface area contributed by atoms with Crippen LogP contribution in [0.5, 0.6) is 0 Å². The fourth-order valence-electron chi connectivity index (χ4n) is 2.83. The number of halogens is 1. The highest BCUT2D eigenvalue weighted by Gasteiger charge is 2.42. The van der Waals surface area contributed by atoms with Crippen LogP contribution in [0.15, 0.2) is 24.3 Å². The molecule has 2 fully saturated rings. The zero-order valence-corrected chi connectivity index (χ0v) is 25.8. The molecule has 1 saturated carbocycles. The van der Waals surface area contributed by atoms with Crippen molar-refractivity contribution >= 4 is 31.5 Å². The van der Waals surface area contributed by atoms with E-state index in [1.807, 2.05) is 79.9 Å². The van der Waals surface area contributed by atoms with Crippen LogP contribution in [0.4, 0.5) is 4.39 Å². The fourth-order valence-corrected chi connectivity index (χ4v) is 3.02. The Morgan fingerprint density at radius 2 is 1.68 bits per heavy atom. The molecule has 218 valence electrons. The maximum atomic E-state index is 11.9. The van der Waals surface area contributed by atoms with Crippen molar-refractivity contribution in [2.24, 2.45) is 0 Å². The van der Waals surface area contributed by atoms with Gasteiger partial charge in [0.1, 0.15) is 12.6 Å². The molecule has 9 heteroatoms. The maximum Gasteiger partial charge on any atom is 0.166 e. The van der Waals surface area contributed by atoms with E-state index in [0.29, 0.717) is 24.7 Å². The number of rotatable bonds is 7. The smallest absolute Gasteiger partial charge is 0.166 e. The van der Waals surface area contributed by atoms with Gasteiger partial charge in [0.2, 0.25) is 0 Å². The Kier molecular flexibility index (Phi) is 25.5. The van der Waals surface area contributed by atoms with Gasteiger partial charge in [0, 0.05) is 11.3 Å². The lowest BCUT2D eigenvalue weighted by molar-refractivity contribution is -0.113. The van der Waals surface area contributed by atoms with Crippen LogP contribution in [-0.2, 0) is 20.9 Å². The molecule has 2 unspecified atom stereocenters. The number of hydrogen-bond acceptors (Lipinski definition) is 8. The number of carbonyl (C=O) groups excluding carboxylic acids is 3. The minimum Gasteiger partial charge on any atom is -0.316 e. The topological polar surface area (TPSA) is 102 Å². The van der Waals surface area contributed by atoms with Gasteiger partial charge in [-0.2, -0.15) is 17.9 Å². The van der Waals surface area contributed by atoms with E-state index >= 15 is 0 Å². The Morgan fingerprint density at radius 1 is 1.16 bits per heavy atom. The van der Waals surface area contributed by atoms with Gasteiger partial charge in [0.05, 0.1) is 23.7 Å². The molecular weight excluding hydrogens is 503 g/mol. The number of thiol groups is 1. The number of alkyl halides is 1. The number of aldehydes is 3. The molecule has 3 rings (SSSR count). The normalized spacial score (nSPS) is 17.2. The molecule has 1 aromatic carbocycles. The summed E-state index contributed by atoms with van der Waals surface area (Å²) in [7, 11) is 5.64. The summed E-state index contributed by atoms with van der Waals surface area (Å²) in [6, 6.07) is 9.69. The predicted octanol–water partition coefficient (Wildman–Crippen LogP) is 4.78. The van der Waals surface area contributed by atoms with Crippen LogP contribution < -0.4 is 10.6 Å². The standard InChI is InChI=1S/C9H10N2.C6H13NOS.C6H11NO.C4H5FO.2C2H6/c1-11-7-9-4-2-8(6-10)3-5-9;1-6(2,9)5(4-8)7-3;1-7-4-2-3-6(7)5-8;5-4(3-6)1-2-4;2*1-2/h2-5,11H,7H2,1H3;4-5,7,9H,1-3H3;5-6H,2-4H2,1H3;3H,1-2H2;2*1-2H3. The molecule has 1 saturated heterocycles. The molecule has 0 spiro atoms. The summed E-state index contributed by atoms with van der Waals surface area (Å²) in [5.41, 5.74) is 0.524. The average Bonchev–Trinajstić information content (AvgIpc) is 3.54. The second-order valence-electron chi connectivity index (χ2n) is 8.87. The SMILES string of the molecule is CC.CC.CN1CCCC1C=O.CNC(C=O)C(C)(C)S.CNCc1ccc(C#N)cc1.O=CC1(F)CC1. The third kappa shape index (κ3) is 19.9. The van der Waals surface area contributed by atoms with E-state index in [0.717, 1.165) is 32.1 Å². The van der Waals surface area contributed by atoms with Gasteiger partial charge in [-0.05, 0) is 84.9 Å². The van der Waals surface area contributed by atoms with Gasteiger partial charge < -0.3 is 20.2 Å². The third-order valence-corrected chi connectivity index (χ3v) is 5.62. The zero-order valence-electron chi connectivity index (χ0n) is 24.9. The first kappa shape index (κ1) is 40.4. The van der Waals surface area contributed by atoms with Crippen LogP contribution in [0.25, 0.3) is 0 Å². The van der Waals surface area contributed by atoms with Crippen LogP contribution in [-0.4, -0.2) is 73.9 Å². The lowest BCUT2D eigenvalue weighted by Crippen LogP contribution is -2.42. The van der Waals surface area contributed by atoms with E-state index in [-0.39, 0.29) is 16.8 Å². The van der Waals surface area contributed by atoms with Gasteiger partial charge in [-0.3, -0.25) is 9.69 Å². The van der Waals surface area contributed by atoms with Crippen molar-refractivity contribution in [3.63, 3.8) is 0 Å². The van der Waals surface area contributed by atoms with Crippen molar-refractivity contribution in [1.29, 1.82) is 5.26 Å². The quantitative estimate of drug-likeness (QED) is 0.329.